The van der Waals surface area contributed by atoms with E-state index < -0.39 is 0 Å². The van der Waals surface area contributed by atoms with Crippen molar-refractivity contribution in [1.82, 2.24) is 15.1 Å². The summed E-state index contributed by atoms with van der Waals surface area (Å²) in [5.74, 6) is 0. The second kappa shape index (κ2) is 8.30. The molecule has 0 aromatic carbocycles. The number of nitrogens with zero attached hydrogens (tertiary/aromatic N) is 2. The Labute approximate surface area is 112 Å². The quantitative estimate of drug-likeness (QED) is 0.725. The van der Waals surface area contributed by atoms with E-state index in [1.807, 2.05) is 0 Å². The van der Waals surface area contributed by atoms with E-state index >= 15 is 0 Å². The highest BCUT2D eigenvalue weighted by molar-refractivity contribution is 5.14. The first kappa shape index (κ1) is 15.2. The lowest BCUT2D eigenvalue weighted by molar-refractivity contribution is 0.443. The summed E-state index contributed by atoms with van der Waals surface area (Å²) in [6, 6.07) is 2.75. The molecule has 104 valence electrons. The fourth-order valence-electron chi connectivity index (χ4n) is 2.27. The van der Waals surface area contributed by atoms with E-state index in [0.29, 0.717) is 6.04 Å². The van der Waals surface area contributed by atoms with Gasteiger partial charge in [0.15, 0.2) is 0 Å². The second-order valence-electron chi connectivity index (χ2n) is 4.88. The van der Waals surface area contributed by atoms with E-state index in [-0.39, 0.29) is 0 Å². The molecule has 1 aromatic heterocycles. The number of nitrogens with one attached hydrogen (secondary N) is 1. The lowest BCUT2D eigenvalue weighted by Crippen LogP contribution is -2.24. The number of aromatic nitrogens is 2. The summed E-state index contributed by atoms with van der Waals surface area (Å²) in [4.78, 5) is 0. The summed E-state index contributed by atoms with van der Waals surface area (Å²) < 4.78 is 2.17. The number of rotatable bonds is 9. The van der Waals surface area contributed by atoms with Gasteiger partial charge in [-0.15, -0.1) is 0 Å². The molecule has 1 unspecified atom stereocenters. The van der Waals surface area contributed by atoms with Crippen molar-refractivity contribution in [3.63, 3.8) is 0 Å². The molecule has 0 fully saturated rings. The largest absolute Gasteiger partial charge is 0.309 e. The van der Waals surface area contributed by atoms with Crippen LogP contribution in [0.5, 0.6) is 0 Å². The molecular weight excluding hydrogens is 222 g/mol. The van der Waals surface area contributed by atoms with Crippen LogP contribution in [-0.4, -0.2) is 16.3 Å². The molecular formula is C15H29N3. The van der Waals surface area contributed by atoms with E-state index in [4.69, 9.17) is 0 Å². The molecule has 1 heterocycles. The van der Waals surface area contributed by atoms with Crippen molar-refractivity contribution >= 4 is 0 Å². The summed E-state index contributed by atoms with van der Waals surface area (Å²) in [6.07, 6.45) is 5.95. The Hall–Kier alpha value is -0.830. The fraction of sp³-hybridized carbons (Fsp3) is 0.800. The molecule has 1 N–H and O–H groups in total. The van der Waals surface area contributed by atoms with Crippen molar-refractivity contribution in [2.45, 2.75) is 72.4 Å². The minimum Gasteiger partial charge on any atom is -0.309 e. The maximum atomic E-state index is 4.66. The Morgan fingerprint density at radius 3 is 2.56 bits per heavy atom. The Kier molecular flexibility index (Phi) is 7.02. The second-order valence-corrected chi connectivity index (χ2v) is 4.88. The Balaban J connectivity index is 2.83. The summed E-state index contributed by atoms with van der Waals surface area (Å²) in [5, 5.41) is 8.33. The zero-order valence-corrected chi connectivity index (χ0v) is 12.5. The predicted molar refractivity (Wildman–Crippen MR) is 77.8 cm³/mol. The number of aryl methyl sites for hydroxylation is 2. The third-order valence-corrected chi connectivity index (χ3v) is 3.37. The minimum absolute atomic E-state index is 0.470. The monoisotopic (exact) mass is 251 g/mol. The zero-order valence-electron chi connectivity index (χ0n) is 12.5. The molecule has 0 radical (unpaired) electrons. The van der Waals surface area contributed by atoms with Crippen molar-refractivity contribution in [2.75, 3.05) is 6.54 Å². The summed E-state index contributed by atoms with van der Waals surface area (Å²) >= 11 is 0. The van der Waals surface area contributed by atoms with Crippen LogP contribution in [0.4, 0.5) is 0 Å². The topological polar surface area (TPSA) is 29.9 Å². The average molecular weight is 251 g/mol. The number of unbranched alkanes of at least 4 members (excludes halogenated alkanes) is 1. The predicted octanol–water partition coefficient (Wildman–Crippen LogP) is 3.70. The first-order chi connectivity index (χ1) is 8.76. The Bertz CT molecular complexity index is 322. The molecule has 0 aliphatic carbocycles. The van der Waals surface area contributed by atoms with Crippen LogP contribution in [0.1, 0.15) is 70.8 Å². The van der Waals surface area contributed by atoms with Crippen molar-refractivity contribution < 1.29 is 0 Å². The molecule has 0 saturated heterocycles. The third-order valence-electron chi connectivity index (χ3n) is 3.37. The number of hydrogen-bond acceptors (Lipinski definition) is 2. The van der Waals surface area contributed by atoms with Crippen molar-refractivity contribution in [3.05, 3.63) is 17.5 Å². The van der Waals surface area contributed by atoms with Crippen molar-refractivity contribution in [2.24, 2.45) is 0 Å². The van der Waals surface area contributed by atoms with Gasteiger partial charge in [-0.05, 0) is 38.8 Å². The normalized spacial score (nSPS) is 12.9. The molecule has 1 aromatic rings. The molecule has 0 saturated carbocycles. The van der Waals surface area contributed by atoms with Gasteiger partial charge in [-0.2, -0.15) is 5.10 Å². The van der Waals surface area contributed by atoms with E-state index in [2.05, 4.69) is 48.9 Å². The molecule has 0 amide bonds. The van der Waals surface area contributed by atoms with E-state index in [1.54, 1.807) is 0 Å². The lowest BCUT2D eigenvalue weighted by Gasteiger charge is -2.19. The van der Waals surface area contributed by atoms with Gasteiger partial charge in [0, 0.05) is 12.6 Å². The highest BCUT2D eigenvalue weighted by atomic mass is 15.3. The van der Waals surface area contributed by atoms with Crippen LogP contribution in [0, 0.1) is 0 Å². The average Bonchev–Trinajstić information content (AvgIpc) is 2.82. The Morgan fingerprint density at radius 1 is 1.22 bits per heavy atom. The van der Waals surface area contributed by atoms with Gasteiger partial charge < -0.3 is 5.32 Å². The van der Waals surface area contributed by atoms with Gasteiger partial charge in [0.2, 0.25) is 0 Å². The summed E-state index contributed by atoms with van der Waals surface area (Å²) in [7, 11) is 0. The first-order valence-electron chi connectivity index (χ1n) is 7.56. The maximum Gasteiger partial charge on any atom is 0.0625 e. The molecule has 1 rings (SSSR count). The van der Waals surface area contributed by atoms with Gasteiger partial charge in [0.25, 0.3) is 0 Å². The third kappa shape index (κ3) is 4.13. The van der Waals surface area contributed by atoms with E-state index in [9.17, 15) is 0 Å². The molecule has 1 atom stereocenters. The molecule has 18 heavy (non-hydrogen) atoms. The molecule has 3 heteroatoms. The van der Waals surface area contributed by atoms with Crippen LogP contribution in [0.15, 0.2) is 6.07 Å². The van der Waals surface area contributed by atoms with Crippen LogP contribution in [0.3, 0.4) is 0 Å². The Morgan fingerprint density at radius 2 is 2.00 bits per heavy atom. The first-order valence-corrected chi connectivity index (χ1v) is 7.56. The molecule has 0 aliphatic rings. The lowest BCUT2D eigenvalue weighted by atomic mass is 10.1. The summed E-state index contributed by atoms with van der Waals surface area (Å²) in [5.41, 5.74) is 2.59. The standard InChI is InChI=1S/C15H29N3/c1-5-9-10-14(16-11-6-2)15-12-13(7-3)17-18(15)8-4/h12,14,16H,5-11H2,1-4H3. The number of hydrogen-bond donors (Lipinski definition) is 1. The van der Waals surface area contributed by atoms with Crippen LogP contribution < -0.4 is 5.32 Å². The smallest absolute Gasteiger partial charge is 0.0625 e. The van der Waals surface area contributed by atoms with E-state index in [0.717, 1.165) is 19.5 Å². The minimum atomic E-state index is 0.470. The van der Waals surface area contributed by atoms with Crippen LogP contribution >= 0.6 is 0 Å². The van der Waals surface area contributed by atoms with Gasteiger partial charge >= 0.3 is 0 Å². The van der Waals surface area contributed by atoms with Crippen LogP contribution in [0.2, 0.25) is 0 Å². The maximum absolute atomic E-state index is 4.66. The van der Waals surface area contributed by atoms with Gasteiger partial charge in [-0.3, -0.25) is 4.68 Å². The molecule has 0 bridgehead atoms. The molecule has 0 spiro atoms. The van der Waals surface area contributed by atoms with Gasteiger partial charge in [-0.25, -0.2) is 0 Å². The fourth-order valence-corrected chi connectivity index (χ4v) is 2.27. The zero-order chi connectivity index (χ0) is 13.4. The summed E-state index contributed by atoms with van der Waals surface area (Å²) in [6.45, 7) is 10.9. The highest BCUT2D eigenvalue weighted by Gasteiger charge is 2.16. The SMILES string of the molecule is CCCCC(NCCC)c1cc(CC)nn1CC. The van der Waals surface area contributed by atoms with Gasteiger partial charge in [0.1, 0.15) is 0 Å². The van der Waals surface area contributed by atoms with Crippen molar-refractivity contribution in [1.29, 1.82) is 0 Å². The highest BCUT2D eigenvalue weighted by Crippen LogP contribution is 2.21. The molecule has 3 nitrogen and oxygen atoms in total. The van der Waals surface area contributed by atoms with Gasteiger partial charge in [0.05, 0.1) is 11.4 Å². The van der Waals surface area contributed by atoms with Crippen LogP contribution in [-0.2, 0) is 13.0 Å². The molecule has 0 aliphatic heterocycles. The van der Waals surface area contributed by atoms with Crippen LogP contribution in [0.25, 0.3) is 0 Å². The van der Waals surface area contributed by atoms with Gasteiger partial charge in [-0.1, -0.05) is 33.6 Å². The van der Waals surface area contributed by atoms with E-state index in [1.165, 1.54) is 37.1 Å². The van der Waals surface area contributed by atoms with Crippen molar-refractivity contribution in [3.8, 4) is 0 Å².